The number of anilines is 1. The van der Waals surface area contributed by atoms with E-state index >= 15 is 0 Å². The van der Waals surface area contributed by atoms with E-state index in [2.05, 4.69) is 26.8 Å². The summed E-state index contributed by atoms with van der Waals surface area (Å²) in [5.74, 6) is 0. The lowest BCUT2D eigenvalue weighted by Crippen LogP contribution is -2.53. The van der Waals surface area contributed by atoms with Crippen molar-refractivity contribution in [2.24, 2.45) is 0 Å². The Hall–Kier alpha value is -3.88. The number of hydrogen-bond donors (Lipinski definition) is 3. The molecule has 3 N–H and O–H groups in total. The fourth-order valence-corrected chi connectivity index (χ4v) is 5.69. The topological polar surface area (TPSA) is 137 Å². The molecule has 1 atom stereocenters. The van der Waals surface area contributed by atoms with Crippen LogP contribution < -0.4 is 5.32 Å². The lowest BCUT2D eigenvalue weighted by atomic mass is 9.63. The van der Waals surface area contributed by atoms with Crippen molar-refractivity contribution >= 4 is 11.2 Å². The summed E-state index contributed by atoms with van der Waals surface area (Å²) in [6.07, 6.45) is 8.25. The van der Waals surface area contributed by atoms with Crippen molar-refractivity contribution in [1.29, 1.82) is 5.26 Å². The second kappa shape index (κ2) is 9.10. The fraction of sp³-hybridized carbons (Fsp3) is 0.464. The van der Waals surface area contributed by atoms with Crippen LogP contribution in [0.15, 0.2) is 42.9 Å². The molecule has 0 aromatic carbocycles. The summed E-state index contributed by atoms with van der Waals surface area (Å²) in [5.41, 5.74) is 2.62. The molecule has 2 bridgehead atoms. The lowest BCUT2D eigenvalue weighted by molar-refractivity contribution is -0.0579. The van der Waals surface area contributed by atoms with Crippen LogP contribution in [0.1, 0.15) is 57.9 Å². The van der Waals surface area contributed by atoms with Crippen LogP contribution in [0, 0.1) is 11.3 Å². The predicted octanol–water partition coefficient (Wildman–Crippen LogP) is 3.89. The van der Waals surface area contributed by atoms with Crippen molar-refractivity contribution < 1.29 is 14.6 Å². The first-order chi connectivity index (χ1) is 18.6. The molecule has 0 unspecified atom stereocenters. The van der Waals surface area contributed by atoms with E-state index in [1.807, 2.05) is 18.2 Å². The number of aliphatic hydroxyl groups is 2. The van der Waals surface area contributed by atoms with E-state index in [1.165, 1.54) is 24.7 Å². The highest BCUT2D eigenvalue weighted by molar-refractivity contribution is 5.79. The fourth-order valence-electron chi connectivity index (χ4n) is 5.69. The van der Waals surface area contributed by atoms with Crippen molar-refractivity contribution in [3.63, 3.8) is 0 Å². The molecular weight excluding hydrogens is 499 g/mol. The van der Waals surface area contributed by atoms with Crippen LogP contribution in [0.2, 0.25) is 0 Å². The number of alkyl halides is 1. The normalized spacial score (nSPS) is 23.6. The minimum Gasteiger partial charge on any atom is -0.390 e. The third kappa shape index (κ3) is 4.75. The number of fused-ring (bicyclic) bond motifs is 4. The molecule has 4 aromatic rings. The maximum absolute atomic E-state index is 14.5. The van der Waals surface area contributed by atoms with Gasteiger partial charge in [-0.05, 0) is 76.6 Å². The van der Waals surface area contributed by atoms with Gasteiger partial charge in [-0.3, -0.25) is 4.98 Å². The van der Waals surface area contributed by atoms with Crippen LogP contribution in [0.3, 0.4) is 0 Å². The number of halogens is 1. The molecule has 39 heavy (non-hydrogen) atoms. The van der Waals surface area contributed by atoms with Gasteiger partial charge in [-0.2, -0.15) is 10.4 Å². The van der Waals surface area contributed by atoms with Gasteiger partial charge in [0, 0.05) is 23.0 Å². The summed E-state index contributed by atoms with van der Waals surface area (Å²) in [7, 11) is 0. The molecule has 0 amide bonds. The summed E-state index contributed by atoms with van der Waals surface area (Å²) in [6, 6.07) is 9.68. The van der Waals surface area contributed by atoms with Crippen LogP contribution in [0.25, 0.3) is 28.2 Å². The monoisotopic (exact) mass is 530 g/mol. The van der Waals surface area contributed by atoms with Gasteiger partial charge >= 0.3 is 0 Å². The molecule has 3 fully saturated rings. The molecule has 10 nitrogen and oxygen atoms in total. The average Bonchev–Trinajstić information content (AvgIpc) is 3.56. The van der Waals surface area contributed by atoms with E-state index in [0.29, 0.717) is 17.0 Å². The Bertz CT molecular complexity index is 1560. The maximum atomic E-state index is 14.5. The van der Waals surface area contributed by atoms with Crippen molar-refractivity contribution in [2.45, 2.75) is 81.8 Å². The molecule has 0 saturated heterocycles. The smallest absolute Gasteiger partial charge is 0.148 e. The Kier molecular flexibility index (Phi) is 5.93. The summed E-state index contributed by atoms with van der Waals surface area (Å²) < 4.78 is 17.6. The minimum atomic E-state index is -1.51. The molecule has 0 radical (unpaired) electrons. The van der Waals surface area contributed by atoms with Crippen LogP contribution in [0.4, 0.5) is 10.1 Å². The summed E-state index contributed by atoms with van der Waals surface area (Å²) >= 11 is 0. The Balaban J connectivity index is 1.39. The summed E-state index contributed by atoms with van der Waals surface area (Å²) in [6.45, 7) is 2.73. The highest BCUT2D eigenvalue weighted by Crippen LogP contribution is 2.49. The average molecular weight is 531 g/mol. The van der Waals surface area contributed by atoms with Gasteiger partial charge < -0.3 is 15.5 Å². The maximum Gasteiger partial charge on any atom is 0.148 e. The van der Waals surface area contributed by atoms with Gasteiger partial charge in [0.2, 0.25) is 0 Å². The van der Waals surface area contributed by atoms with Gasteiger partial charge in [0.15, 0.2) is 0 Å². The standard InChI is InChI=1S/C28H31FN8O2/c1-26(2,38)25(29)17-36-16-23(34-35-36)20-15-31-22(24-4-3-19-11-18(13-30)14-32-37(19)24)12-21(20)33-27-5-8-28(39,9-6-27)10-7-27/h3-4,11-12,14-16,25,38-39H,5-10,17H2,1-2H3,(H,31,33)/t25-,27?,28?/m1/s1. The molecule has 4 heterocycles. The summed E-state index contributed by atoms with van der Waals surface area (Å²) in [5, 5.41) is 46.6. The van der Waals surface area contributed by atoms with Gasteiger partial charge in [-0.25, -0.2) is 13.6 Å². The van der Waals surface area contributed by atoms with E-state index in [1.54, 1.807) is 23.0 Å². The van der Waals surface area contributed by atoms with E-state index in [-0.39, 0.29) is 12.1 Å². The quantitative estimate of drug-likeness (QED) is 0.327. The van der Waals surface area contributed by atoms with Gasteiger partial charge in [-0.1, -0.05) is 5.21 Å². The van der Waals surface area contributed by atoms with Crippen molar-refractivity contribution in [3.8, 4) is 28.7 Å². The van der Waals surface area contributed by atoms with Crippen molar-refractivity contribution in [2.75, 3.05) is 5.32 Å². The van der Waals surface area contributed by atoms with Crippen LogP contribution in [0.5, 0.6) is 0 Å². The molecule has 3 aliphatic carbocycles. The summed E-state index contributed by atoms with van der Waals surface area (Å²) in [4.78, 5) is 4.73. The number of nitrogens with zero attached hydrogens (tertiary/aromatic N) is 7. The molecule has 3 saturated carbocycles. The second-order valence-corrected chi connectivity index (χ2v) is 11.6. The number of nitriles is 1. The molecule has 202 valence electrons. The number of nitrogens with one attached hydrogen (secondary N) is 1. The Labute approximate surface area is 225 Å². The highest BCUT2D eigenvalue weighted by atomic mass is 19.1. The van der Waals surface area contributed by atoms with E-state index in [9.17, 15) is 19.9 Å². The zero-order valence-corrected chi connectivity index (χ0v) is 22.0. The zero-order valence-electron chi connectivity index (χ0n) is 22.0. The first-order valence-electron chi connectivity index (χ1n) is 13.2. The number of rotatable bonds is 7. The highest BCUT2D eigenvalue weighted by Gasteiger charge is 2.48. The zero-order chi connectivity index (χ0) is 27.4. The van der Waals surface area contributed by atoms with Crippen molar-refractivity contribution in [3.05, 3.63) is 48.4 Å². The molecule has 3 aliphatic rings. The number of pyridine rings is 1. The molecule has 4 aromatic heterocycles. The van der Waals surface area contributed by atoms with Gasteiger partial charge in [0.25, 0.3) is 0 Å². The van der Waals surface area contributed by atoms with E-state index < -0.39 is 17.4 Å². The predicted molar refractivity (Wildman–Crippen MR) is 142 cm³/mol. The Morgan fingerprint density at radius 2 is 1.87 bits per heavy atom. The van der Waals surface area contributed by atoms with Gasteiger partial charge in [0.1, 0.15) is 17.9 Å². The third-order valence-corrected chi connectivity index (χ3v) is 8.33. The molecule has 11 heteroatoms. The van der Waals surface area contributed by atoms with Gasteiger partial charge in [0.05, 0.1) is 52.6 Å². The molecule has 7 rings (SSSR count). The van der Waals surface area contributed by atoms with Crippen LogP contribution in [-0.2, 0) is 6.54 Å². The molecule has 0 spiro atoms. The van der Waals surface area contributed by atoms with Gasteiger partial charge in [-0.15, -0.1) is 5.10 Å². The minimum absolute atomic E-state index is 0.125. The Morgan fingerprint density at radius 1 is 1.13 bits per heavy atom. The first kappa shape index (κ1) is 25.4. The largest absolute Gasteiger partial charge is 0.390 e. The molecular formula is C28H31FN8O2. The van der Waals surface area contributed by atoms with Crippen molar-refractivity contribution in [1.82, 2.24) is 29.6 Å². The SMILES string of the molecule is CC(C)(O)[C@H](F)Cn1cc(-c2cnc(-c3ccc4cc(C#N)cnn34)cc2NC23CCC(O)(CC2)CC3)nn1. The third-order valence-electron chi connectivity index (χ3n) is 8.33. The number of aromatic nitrogens is 6. The lowest BCUT2D eigenvalue weighted by Gasteiger charge is -2.51. The number of hydrogen-bond acceptors (Lipinski definition) is 8. The van der Waals surface area contributed by atoms with E-state index in [4.69, 9.17) is 4.98 Å². The second-order valence-electron chi connectivity index (χ2n) is 11.6. The molecule has 0 aliphatic heterocycles. The van der Waals surface area contributed by atoms with Crippen LogP contribution >= 0.6 is 0 Å². The Morgan fingerprint density at radius 3 is 2.56 bits per heavy atom. The van der Waals surface area contributed by atoms with E-state index in [0.717, 1.165) is 61.0 Å². The van der Waals surface area contributed by atoms with Crippen LogP contribution in [-0.4, -0.2) is 62.7 Å². The first-order valence-corrected chi connectivity index (χ1v) is 13.2.